The number of para-hydroxylation sites is 2. The Kier molecular flexibility index (Phi) is 4.17. The average molecular weight is 343 g/mol. The summed E-state index contributed by atoms with van der Waals surface area (Å²) in [6.45, 7) is 4.22. The van der Waals surface area contributed by atoms with E-state index in [0.29, 0.717) is 6.54 Å². The van der Waals surface area contributed by atoms with Crippen molar-refractivity contribution in [1.82, 2.24) is 14.9 Å². The van der Waals surface area contributed by atoms with Gasteiger partial charge in [0.05, 0.1) is 17.1 Å². The molecule has 0 radical (unpaired) electrons. The SMILES string of the molecule is CC(=O)NC(C)c1nc2ccccc2n1Cc1ccc2ccccc2c1. The maximum atomic E-state index is 11.5. The fourth-order valence-corrected chi connectivity index (χ4v) is 3.48. The molecular weight excluding hydrogens is 322 g/mol. The zero-order valence-corrected chi connectivity index (χ0v) is 14.9. The number of nitrogens with one attached hydrogen (secondary N) is 1. The molecule has 0 saturated heterocycles. The van der Waals surface area contributed by atoms with Crippen molar-refractivity contribution in [3.8, 4) is 0 Å². The maximum absolute atomic E-state index is 11.5. The Hall–Kier alpha value is -3.14. The van der Waals surface area contributed by atoms with Gasteiger partial charge in [-0.2, -0.15) is 0 Å². The van der Waals surface area contributed by atoms with Crippen molar-refractivity contribution in [3.63, 3.8) is 0 Å². The fourth-order valence-electron chi connectivity index (χ4n) is 3.48. The maximum Gasteiger partial charge on any atom is 0.217 e. The monoisotopic (exact) mass is 343 g/mol. The van der Waals surface area contributed by atoms with Gasteiger partial charge in [-0.25, -0.2) is 4.98 Å². The molecular formula is C22H21N3O. The first-order chi connectivity index (χ1) is 12.6. The number of aromatic nitrogens is 2. The van der Waals surface area contributed by atoms with Gasteiger partial charge in [0.25, 0.3) is 0 Å². The molecule has 4 rings (SSSR count). The van der Waals surface area contributed by atoms with Crippen LogP contribution in [0.25, 0.3) is 21.8 Å². The van der Waals surface area contributed by atoms with Crippen molar-refractivity contribution < 1.29 is 4.79 Å². The molecule has 0 aliphatic rings. The van der Waals surface area contributed by atoms with E-state index in [1.54, 1.807) is 0 Å². The number of nitrogens with zero attached hydrogens (tertiary/aromatic N) is 2. The molecule has 0 saturated carbocycles. The Balaban J connectivity index is 1.79. The van der Waals surface area contributed by atoms with E-state index < -0.39 is 0 Å². The summed E-state index contributed by atoms with van der Waals surface area (Å²) in [5.74, 6) is 0.816. The van der Waals surface area contributed by atoms with Gasteiger partial charge in [0.15, 0.2) is 0 Å². The summed E-state index contributed by atoms with van der Waals surface area (Å²) >= 11 is 0. The van der Waals surface area contributed by atoms with E-state index in [0.717, 1.165) is 16.9 Å². The Morgan fingerprint density at radius 2 is 1.77 bits per heavy atom. The Morgan fingerprint density at radius 3 is 2.58 bits per heavy atom. The molecule has 0 bridgehead atoms. The normalized spacial score (nSPS) is 12.4. The van der Waals surface area contributed by atoms with E-state index >= 15 is 0 Å². The van der Waals surface area contributed by atoms with Crippen molar-refractivity contribution in [1.29, 1.82) is 0 Å². The quantitative estimate of drug-likeness (QED) is 0.596. The van der Waals surface area contributed by atoms with Crippen LogP contribution in [-0.2, 0) is 11.3 Å². The lowest BCUT2D eigenvalue weighted by Crippen LogP contribution is -2.26. The number of amides is 1. The zero-order valence-electron chi connectivity index (χ0n) is 14.9. The molecule has 1 unspecified atom stereocenters. The third kappa shape index (κ3) is 3.06. The molecule has 130 valence electrons. The number of hydrogen-bond acceptors (Lipinski definition) is 2. The minimum absolute atomic E-state index is 0.0539. The van der Waals surface area contributed by atoms with Crippen LogP contribution in [-0.4, -0.2) is 15.5 Å². The van der Waals surface area contributed by atoms with Gasteiger partial charge >= 0.3 is 0 Å². The number of carbonyl (C=O) groups is 1. The first kappa shape index (κ1) is 16.3. The highest BCUT2D eigenvalue weighted by molar-refractivity contribution is 5.83. The van der Waals surface area contributed by atoms with Gasteiger partial charge in [-0.15, -0.1) is 0 Å². The number of fused-ring (bicyclic) bond motifs is 2. The third-order valence-corrected chi connectivity index (χ3v) is 4.65. The molecule has 4 heteroatoms. The fraction of sp³-hybridized carbons (Fsp3) is 0.182. The second kappa shape index (κ2) is 6.64. The number of carbonyl (C=O) groups excluding carboxylic acids is 1. The molecule has 1 heterocycles. The highest BCUT2D eigenvalue weighted by atomic mass is 16.1. The van der Waals surface area contributed by atoms with E-state index in [2.05, 4.69) is 58.4 Å². The Bertz CT molecular complexity index is 1100. The largest absolute Gasteiger partial charge is 0.347 e. The summed E-state index contributed by atoms with van der Waals surface area (Å²) in [5, 5.41) is 5.42. The molecule has 1 amide bonds. The van der Waals surface area contributed by atoms with E-state index in [1.807, 2.05) is 25.1 Å². The molecule has 4 nitrogen and oxygen atoms in total. The third-order valence-electron chi connectivity index (χ3n) is 4.65. The topological polar surface area (TPSA) is 46.9 Å². The van der Waals surface area contributed by atoms with Crippen LogP contribution in [0.2, 0.25) is 0 Å². The second-order valence-electron chi connectivity index (χ2n) is 6.65. The smallest absolute Gasteiger partial charge is 0.217 e. The predicted molar refractivity (Wildman–Crippen MR) is 105 cm³/mol. The van der Waals surface area contributed by atoms with Gasteiger partial charge in [0.1, 0.15) is 5.82 Å². The van der Waals surface area contributed by atoms with Crippen LogP contribution >= 0.6 is 0 Å². The second-order valence-corrected chi connectivity index (χ2v) is 6.65. The molecule has 3 aromatic carbocycles. The van der Waals surface area contributed by atoms with E-state index in [1.165, 1.54) is 23.3 Å². The van der Waals surface area contributed by atoms with Crippen LogP contribution in [0.5, 0.6) is 0 Å². The molecule has 0 spiro atoms. The summed E-state index contributed by atoms with van der Waals surface area (Å²) < 4.78 is 2.19. The highest BCUT2D eigenvalue weighted by Crippen LogP contribution is 2.23. The van der Waals surface area contributed by atoms with Gasteiger partial charge in [0.2, 0.25) is 5.91 Å². The van der Waals surface area contributed by atoms with Crippen LogP contribution in [0.1, 0.15) is 31.3 Å². The van der Waals surface area contributed by atoms with Crippen LogP contribution in [0, 0.1) is 0 Å². The predicted octanol–water partition coefficient (Wildman–Crippen LogP) is 4.43. The summed E-state index contributed by atoms with van der Waals surface area (Å²) in [6, 6.07) is 22.8. The van der Waals surface area contributed by atoms with E-state index in [-0.39, 0.29) is 11.9 Å². The lowest BCUT2D eigenvalue weighted by Gasteiger charge is -2.16. The van der Waals surface area contributed by atoms with Crippen LogP contribution < -0.4 is 5.32 Å². The lowest BCUT2D eigenvalue weighted by atomic mass is 10.1. The Morgan fingerprint density at radius 1 is 1.04 bits per heavy atom. The van der Waals surface area contributed by atoms with Crippen molar-refractivity contribution in [2.75, 3.05) is 0 Å². The number of benzene rings is 3. The van der Waals surface area contributed by atoms with Crippen LogP contribution in [0.15, 0.2) is 66.7 Å². The number of rotatable bonds is 4. The summed E-state index contributed by atoms with van der Waals surface area (Å²) in [5.41, 5.74) is 3.23. The molecule has 1 aromatic heterocycles. The van der Waals surface area contributed by atoms with E-state index in [4.69, 9.17) is 4.98 Å². The molecule has 0 fully saturated rings. The summed E-state index contributed by atoms with van der Waals surface area (Å²) in [7, 11) is 0. The first-order valence-corrected chi connectivity index (χ1v) is 8.82. The number of hydrogen-bond donors (Lipinski definition) is 1. The van der Waals surface area contributed by atoms with Crippen molar-refractivity contribution >= 4 is 27.7 Å². The Labute approximate surface area is 152 Å². The van der Waals surface area contributed by atoms with Gasteiger partial charge < -0.3 is 9.88 Å². The minimum atomic E-state index is -0.152. The van der Waals surface area contributed by atoms with Crippen LogP contribution in [0.3, 0.4) is 0 Å². The van der Waals surface area contributed by atoms with Crippen LogP contribution in [0.4, 0.5) is 0 Å². The molecule has 0 aliphatic heterocycles. The first-order valence-electron chi connectivity index (χ1n) is 8.82. The zero-order chi connectivity index (χ0) is 18.1. The van der Waals surface area contributed by atoms with Gasteiger partial charge in [0, 0.05) is 13.5 Å². The average Bonchev–Trinajstić information content (AvgIpc) is 3.00. The molecule has 1 N–H and O–H groups in total. The molecule has 4 aromatic rings. The molecule has 0 aliphatic carbocycles. The van der Waals surface area contributed by atoms with Crippen molar-refractivity contribution in [3.05, 3.63) is 78.1 Å². The van der Waals surface area contributed by atoms with Crippen molar-refractivity contribution in [2.45, 2.75) is 26.4 Å². The lowest BCUT2D eigenvalue weighted by molar-refractivity contribution is -0.119. The van der Waals surface area contributed by atoms with Gasteiger partial charge in [-0.1, -0.05) is 48.5 Å². The highest BCUT2D eigenvalue weighted by Gasteiger charge is 2.17. The van der Waals surface area contributed by atoms with E-state index in [9.17, 15) is 4.79 Å². The molecule has 1 atom stereocenters. The summed E-state index contributed by atoms with van der Waals surface area (Å²) in [6.07, 6.45) is 0. The minimum Gasteiger partial charge on any atom is -0.347 e. The van der Waals surface area contributed by atoms with Crippen molar-refractivity contribution in [2.24, 2.45) is 0 Å². The molecule has 26 heavy (non-hydrogen) atoms. The number of imidazole rings is 1. The standard InChI is InChI=1S/C22H21N3O/c1-15(23-16(2)26)22-24-20-9-5-6-10-21(20)25(22)14-17-11-12-18-7-3-4-8-19(18)13-17/h3-13,15H,14H2,1-2H3,(H,23,26). The van der Waals surface area contributed by atoms with Gasteiger partial charge in [-0.05, 0) is 41.5 Å². The van der Waals surface area contributed by atoms with Gasteiger partial charge in [-0.3, -0.25) is 4.79 Å². The summed E-state index contributed by atoms with van der Waals surface area (Å²) in [4.78, 5) is 16.3.